The first-order valence-electron chi connectivity index (χ1n) is 15.0. The molecular weight excluding hydrogens is 619 g/mol. The van der Waals surface area contributed by atoms with Gasteiger partial charge in [-0.05, 0) is 79.8 Å². The molecule has 6 aromatic rings. The molecule has 8 nitrogen and oxygen atoms in total. The van der Waals surface area contributed by atoms with Crippen LogP contribution in [0.1, 0.15) is 5.56 Å². The van der Waals surface area contributed by atoms with Crippen molar-refractivity contribution in [2.45, 2.75) is 6.54 Å². The molecule has 0 unspecified atom stereocenters. The van der Waals surface area contributed by atoms with Gasteiger partial charge in [-0.3, -0.25) is 14.9 Å². The number of hydrogen-bond acceptors (Lipinski definition) is 8. The van der Waals surface area contributed by atoms with Crippen LogP contribution in [0.3, 0.4) is 0 Å². The van der Waals surface area contributed by atoms with Gasteiger partial charge >= 0.3 is 0 Å². The topological polar surface area (TPSA) is 96.8 Å². The fourth-order valence-corrected chi connectivity index (χ4v) is 5.76. The van der Waals surface area contributed by atoms with Crippen LogP contribution in [-0.4, -0.2) is 63.2 Å². The molecule has 2 aromatic heterocycles. The summed E-state index contributed by atoms with van der Waals surface area (Å²) in [7, 11) is 2.14. The highest BCUT2D eigenvalue weighted by molar-refractivity contribution is 6.31. The molecule has 0 radical (unpaired) electrons. The van der Waals surface area contributed by atoms with Gasteiger partial charge in [-0.25, -0.2) is 0 Å². The van der Waals surface area contributed by atoms with Gasteiger partial charge in [0, 0.05) is 100 Å². The van der Waals surface area contributed by atoms with E-state index in [-0.39, 0.29) is 5.75 Å². The number of fused-ring (bicyclic) bond motifs is 2. The fourth-order valence-electron chi connectivity index (χ4n) is 5.43. The highest BCUT2D eigenvalue weighted by Crippen LogP contribution is 2.33. The van der Waals surface area contributed by atoms with E-state index in [0.29, 0.717) is 15.8 Å². The van der Waals surface area contributed by atoms with Crippen molar-refractivity contribution in [1.82, 2.24) is 19.8 Å². The van der Waals surface area contributed by atoms with Crippen LogP contribution in [0.2, 0.25) is 10.0 Å². The van der Waals surface area contributed by atoms with Gasteiger partial charge in [0.2, 0.25) is 0 Å². The molecule has 4 N–H and O–H groups in total. The third-order valence-electron chi connectivity index (χ3n) is 7.93. The van der Waals surface area contributed by atoms with Crippen LogP contribution in [-0.2, 0) is 6.54 Å². The summed E-state index contributed by atoms with van der Waals surface area (Å²) in [6.45, 7) is 4.82. The SMILES string of the molecule is CN1CCN(Cc2c(O)cccc2Nc2ccnc3cc(Cl)ccc23)CC1.Oc1cccc(Nc2ccnc3cc(Cl)ccc23)c1. The van der Waals surface area contributed by atoms with E-state index in [2.05, 4.69) is 37.4 Å². The Morgan fingerprint density at radius 3 is 1.91 bits per heavy atom. The molecule has 10 heteroatoms. The van der Waals surface area contributed by atoms with E-state index in [1.165, 1.54) is 0 Å². The highest BCUT2D eigenvalue weighted by Gasteiger charge is 2.18. The van der Waals surface area contributed by atoms with E-state index >= 15 is 0 Å². The molecule has 234 valence electrons. The van der Waals surface area contributed by atoms with Gasteiger partial charge in [0.25, 0.3) is 0 Å². The normalized spacial score (nSPS) is 13.7. The van der Waals surface area contributed by atoms with Crippen LogP contribution >= 0.6 is 23.2 Å². The van der Waals surface area contributed by atoms with Crippen molar-refractivity contribution in [3.63, 3.8) is 0 Å². The minimum atomic E-state index is 0.228. The van der Waals surface area contributed by atoms with Crippen molar-refractivity contribution in [3.05, 3.63) is 119 Å². The summed E-state index contributed by atoms with van der Waals surface area (Å²) in [6.07, 6.45) is 3.49. The van der Waals surface area contributed by atoms with Gasteiger partial charge in [0.1, 0.15) is 11.5 Å². The Kier molecular flexibility index (Phi) is 9.71. The largest absolute Gasteiger partial charge is 0.508 e. The lowest BCUT2D eigenvalue weighted by Gasteiger charge is -2.33. The first kappa shape index (κ1) is 31.4. The Morgan fingerprint density at radius 1 is 0.674 bits per heavy atom. The number of pyridine rings is 2. The van der Waals surface area contributed by atoms with Crippen molar-refractivity contribution < 1.29 is 10.2 Å². The van der Waals surface area contributed by atoms with Crippen molar-refractivity contribution >= 4 is 67.8 Å². The minimum absolute atomic E-state index is 0.228. The lowest BCUT2D eigenvalue weighted by Crippen LogP contribution is -2.43. The van der Waals surface area contributed by atoms with Gasteiger partial charge in [-0.1, -0.05) is 35.3 Å². The highest BCUT2D eigenvalue weighted by atomic mass is 35.5. The number of rotatable bonds is 6. The number of aromatic hydroxyl groups is 2. The van der Waals surface area contributed by atoms with Crippen LogP contribution in [0, 0.1) is 0 Å². The summed E-state index contributed by atoms with van der Waals surface area (Å²) in [6, 6.07) is 27.7. The molecular formula is C36H34Cl2N6O2. The number of piperazine rings is 1. The third kappa shape index (κ3) is 7.61. The van der Waals surface area contributed by atoms with E-state index < -0.39 is 0 Å². The molecule has 1 aliphatic rings. The zero-order valence-electron chi connectivity index (χ0n) is 25.3. The number of phenolic OH excluding ortho intramolecular Hbond substituents is 2. The molecule has 0 bridgehead atoms. The summed E-state index contributed by atoms with van der Waals surface area (Å²) >= 11 is 12.1. The van der Waals surface area contributed by atoms with Crippen molar-refractivity contribution in [2.75, 3.05) is 43.9 Å². The second-order valence-electron chi connectivity index (χ2n) is 11.2. The lowest BCUT2D eigenvalue weighted by molar-refractivity contribution is 0.147. The van der Waals surface area contributed by atoms with Crippen molar-refractivity contribution in [2.24, 2.45) is 0 Å². The maximum absolute atomic E-state index is 10.5. The average Bonchev–Trinajstić information content (AvgIpc) is 3.04. The van der Waals surface area contributed by atoms with Crippen LogP contribution in [0.4, 0.5) is 22.7 Å². The summed E-state index contributed by atoms with van der Waals surface area (Å²) in [4.78, 5) is 13.4. The number of aromatic nitrogens is 2. The monoisotopic (exact) mass is 652 g/mol. The second-order valence-corrected chi connectivity index (χ2v) is 12.1. The van der Waals surface area contributed by atoms with Gasteiger partial charge < -0.3 is 25.7 Å². The van der Waals surface area contributed by atoms with Crippen LogP contribution in [0.15, 0.2) is 103 Å². The molecule has 0 aliphatic carbocycles. The average molecular weight is 654 g/mol. The molecule has 0 saturated carbocycles. The maximum Gasteiger partial charge on any atom is 0.122 e. The molecule has 0 amide bonds. The summed E-state index contributed by atoms with van der Waals surface area (Å²) in [5.41, 5.74) is 6.19. The van der Waals surface area contributed by atoms with Crippen LogP contribution < -0.4 is 10.6 Å². The van der Waals surface area contributed by atoms with Crippen LogP contribution in [0.25, 0.3) is 21.8 Å². The quantitative estimate of drug-likeness (QED) is 0.142. The smallest absolute Gasteiger partial charge is 0.122 e. The Morgan fingerprint density at radius 2 is 1.28 bits per heavy atom. The Labute approximate surface area is 277 Å². The third-order valence-corrected chi connectivity index (χ3v) is 8.40. The first-order valence-corrected chi connectivity index (χ1v) is 15.7. The summed E-state index contributed by atoms with van der Waals surface area (Å²) in [5.74, 6) is 0.548. The minimum Gasteiger partial charge on any atom is -0.508 e. The Hall–Kier alpha value is -4.60. The number of nitrogens with zero attached hydrogens (tertiary/aromatic N) is 4. The predicted molar refractivity (Wildman–Crippen MR) is 189 cm³/mol. The standard InChI is InChI=1S/C21H23ClN4O.C15H11ClN2O/c1-25-9-11-26(12-10-25)14-17-18(3-2-4-21(17)27)24-19-7-8-23-20-13-15(22)5-6-16(19)20;16-10-4-5-13-14(6-7-17-15(13)8-10)18-11-2-1-3-12(19)9-11/h2-8,13,27H,9-12,14H2,1H3,(H,23,24);1-9,19H,(H,17,18). The molecule has 1 fully saturated rings. The number of phenols is 2. The Bertz CT molecular complexity index is 1980. The second kappa shape index (κ2) is 14.2. The van der Waals surface area contributed by atoms with Gasteiger partial charge in [0.05, 0.1) is 11.0 Å². The van der Waals surface area contributed by atoms with Crippen LogP contribution in [0.5, 0.6) is 11.5 Å². The van der Waals surface area contributed by atoms with E-state index in [1.54, 1.807) is 36.7 Å². The number of benzene rings is 4. The molecule has 1 aliphatic heterocycles. The Balaban J connectivity index is 0.000000172. The zero-order valence-corrected chi connectivity index (χ0v) is 26.8. The van der Waals surface area contributed by atoms with Gasteiger partial charge in [0.15, 0.2) is 0 Å². The number of nitrogens with one attached hydrogen (secondary N) is 2. The number of anilines is 4. The lowest BCUT2D eigenvalue weighted by atomic mass is 10.1. The van der Waals surface area contributed by atoms with Gasteiger partial charge in [-0.2, -0.15) is 0 Å². The molecule has 1 saturated heterocycles. The molecule has 0 atom stereocenters. The molecule has 0 spiro atoms. The fraction of sp³-hybridized carbons (Fsp3) is 0.167. The van der Waals surface area contributed by atoms with Crippen molar-refractivity contribution in [3.8, 4) is 11.5 Å². The summed E-state index contributed by atoms with van der Waals surface area (Å²) < 4.78 is 0. The van der Waals surface area contributed by atoms with E-state index in [4.69, 9.17) is 23.2 Å². The van der Waals surface area contributed by atoms with E-state index in [9.17, 15) is 10.2 Å². The number of halogens is 2. The maximum atomic E-state index is 10.5. The van der Waals surface area contributed by atoms with E-state index in [0.717, 1.165) is 82.8 Å². The zero-order chi connectivity index (χ0) is 32.0. The number of likely N-dealkylation sites (N-methyl/N-ethyl adjacent to an activating group) is 1. The summed E-state index contributed by atoms with van der Waals surface area (Å²) in [5, 5.41) is 30.0. The molecule has 7 rings (SSSR count). The van der Waals surface area contributed by atoms with Gasteiger partial charge in [-0.15, -0.1) is 0 Å². The molecule has 46 heavy (non-hydrogen) atoms. The van der Waals surface area contributed by atoms with E-state index in [1.807, 2.05) is 66.7 Å². The first-order chi connectivity index (χ1) is 22.3. The number of hydrogen-bond donors (Lipinski definition) is 4. The molecule has 4 aromatic carbocycles. The predicted octanol–water partition coefficient (Wildman–Crippen LogP) is 8.42. The van der Waals surface area contributed by atoms with Crippen molar-refractivity contribution in [1.29, 1.82) is 0 Å². The molecule has 3 heterocycles.